The van der Waals surface area contributed by atoms with Gasteiger partial charge in [-0.2, -0.15) is 0 Å². The number of hydrogen-bond donors (Lipinski definition) is 0. The number of benzene rings is 8. The van der Waals surface area contributed by atoms with Gasteiger partial charge in [0.1, 0.15) is 11.2 Å². The molecule has 3 nitrogen and oxygen atoms in total. The number of aromatic nitrogens is 1. The van der Waals surface area contributed by atoms with E-state index < -0.39 is 0 Å². The molecule has 2 heterocycles. The first-order valence-corrected chi connectivity index (χ1v) is 21.4. The number of allylic oxidation sites excluding steroid dienone is 4. The van der Waals surface area contributed by atoms with Crippen molar-refractivity contribution in [2.45, 2.75) is 24.7 Å². The molecule has 2 aliphatic rings. The molecular formula is C58H42N2O. The molecule has 10 aromatic rings. The molecule has 290 valence electrons. The quantitative estimate of drug-likeness (QED) is 0.161. The molecule has 0 spiro atoms. The SMILES string of the molecule is C1=CC(c2cccc3oc4ccccc4c23)CC(N(c2cc(C3C=c4ccccc4=CC3)ccc2-c2ccccc2)c2ccccc2-n2c3ccccc3c3ccccc32)=C1. The van der Waals surface area contributed by atoms with Crippen LogP contribution in [0.5, 0.6) is 0 Å². The van der Waals surface area contributed by atoms with Gasteiger partial charge in [0, 0.05) is 44.6 Å². The summed E-state index contributed by atoms with van der Waals surface area (Å²) in [4.78, 5) is 2.58. The molecule has 2 aromatic heterocycles. The monoisotopic (exact) mass is 782 g/mol. The second-order valence-electron chi connectivity index (χ2n) is 16.4. The molecule has 12 rings (SSSR count). The predicted octanol–water partition coefficient (Wildman–Crippen LogP) is 13.9. The first kappa shape index (κ1) is 35.3. The number of hydrogen-bond acceptors (Lipinski definition) is 2. The first-order valence-electron chi connectivity index (χ1n) is 21.4. The van der Waals surface area contributed by atoms with Crippen LogP contribution in [0.2, 0.25) is 0 Å². The molecule has 0 saturated heterocycles. The zero-order chi connectivity index (χ0) is 40.3. The van der Waals surface area contributed by atoms with E-state index in [0.29, 0.717) is 0 Å². The molecule has 0 bridgehead atoms. The van der Waals surface area contributed by atoms with E-state index in [9.17, 15) is 0 Å². The van der Waals surface area contributed by atoms with Gasteiger partial charge in [0.2, 0.25) is 0 Å². The van der Waals surface area contributed by atoms with E-state index in [1.54, 1.807) is 0 Å². The summed E-state index contributed by atoms with van der Waals surface area (Å²) in [5, 5.41) is 7.46. The van der Waals surface area contributed by atoms with Crippen LogP contribution in [-0.2, 0) is 0 Å². The molecular weight excluding hydrogens is 741 g/mol. The highest BCUT2D eigenvalue weighted by Crippen LogP contribution is 2.47. The highest BCUT2D eigenvalue weighted by atomic mass is 16.3. The Hall–Kier alpha value is -7.62. The molecule has 2 unspecified atom stereocenters. The van der Waals surface area contributed by atoms with Gasteiger partial charge in [-0.05, 0) is 88.5 Å². The Morgan fingerprint density at radius 1 is 0.541 bits per heavy atom. The lowest BCUT2D eigenvalue weighted by molar-refractivity contribution is 0.668. The third-order valence-corrected chi connectivity index (χ3v) is 12.9. The van der Waals surface area contributed by atoms with E-state index in [0.717, 1.165) is 46.5 Å². The van der Waals surface area contributed by atoms with Gasteiger partial charge in [0.25, 0.3) is 0 Å². The van der Waals surface area contributed by atoms with Gasteiger partial charge in [0.05, 0.1) is 28.1 Å². The second-order valence-corrected chi connectivity index (χ2v) is 16.4. The summed E-state index contributed by atoms with van der Waals surface area (Å²) in [6.07, 6.45) is 13.6. The van der Waals surface area contributed by atoms with E-state index in [1.165, 1.54) is 65.6 Å². The highest BCUT2D eigenvalue weighted by Gasteiger charge is 2.28. The van der Waals surface area contributed by atoms with Crippen LogP contribution >= 0.6 is 0 Å². The van der Waals surface area contributed by atoms with Crippen LogP contribution in [0.15, 0.2) is 216 Å². The average molecular weight is 783 g/mol. The minimum atomic E-state index is 0.119. The lowest BCUT2D eigenvalue weighted by Gasteiger charge is -2.35. The van der Waals surface area contributed by atoms with E-state index >= 15 is 0 Å². The molecule has 0 aliphatic heterocycles. The molecule has 8 aromatic carbocycles. The van der Waals surface area contributed by atoms with E-state index in [4.69, 9.17) is 4.42 Å². The maximum Gasteiger partial charge on any atom is 0.135 e. The Balaban J connectivity index is 1.10. The van der Waals surface area contributed by atoms with E-state index in [2.05, 4.69) is 228 Å². The standard InChI is InChI=1S/C58H42N2O/c1-2-17-40(18-3-1)46-35-34-43(42-33-32-39-16-4-5-19-41(39)36-42)38-55(46)59(45-21-14-20-44(37-45)47-25-15-31-57-58(47)50-24-8-13-30-56(50)61-57)53-28-11-12-29-54(53)60-51-26-9-6-22-48(51)49-23-7-10-27-52(49)60/h1-32,34-36,38,42,44H,33,37H2. The summed E-state index contributed by atoms with van der Waals surface area (Å²) in [7, 11) is 0. The van der Waals surface area contributed by atoms with Crippen molar-refractivity contribution in [2.24, 2.45) is 0 Å². The van der Waals surface area contributed by atoms with Gasteiger partial charge in [-0.25, -0.2) is 0 Å². The lowest BCUT2D eigenvalue weighted by atomic mass is 9.86. The van der Waals surface area contributed by atoms with Crippen molar-refractivity contribution in [2.75, 3.05) is 4.90 Å². The van der Waals surface area contributed by atoms with Crippen molar-refractivity contribution in [1.82, 2.24) is 4.57 Å². The van der Waals surface area contributed by atoms with Crippen LogP contribution in [0.1, 0.15) is 35.8 Å². The normalized spacial score (nSPS) is 16.0. The van der Waals surface area contributed by atoms with Crippen LogP contribution in [0.25, 0.3) is 72.7 Å². The van der Waals surface area contributed by atoms with Crippen molar-refractivity contribution in [3.63, 3.8) is 0 Å². The third kappa shape index (κ3) is 5.96. The summed E-state index contributed by atoms with van der Waals surface area (Å²) >= 11 is 0. The van der Waals surface area contributed by atoms with Crippen molar-refractivity contribution in [1.29, 1.82) is 0 Å². The average Bonchev–Trinajstić information content (AvgIpc) is 3.88. The zero-order valence-corrected chi connectivity index (χ0v) is 33.7. The van der Waals surface area contributed by atoms with Crippen LogP contribution in [0.4, 0.5) is 11.4 Å². The van der Waals surface area contributed by atoms with Crippen LogP contribution in [-0.4, -0.2) is 4.57 Å². The van der Waals surface area contributed by atoms with Crippen LogP contribution < -0.4 is 15.3 Å². The Bertz CT molecular complexity index is 3460. The minimum absolute atomic E-state index is 0.119. The molecule has 0 fully saturated rings. The molecule has 3 heteroatoms. The number of anilines is 2. The number of rotatable bonds is 7. The summed E-state index contributed by atoms with van der Waals surface area (Å²) in [6, 6.07) is 68.4. The van der Waals surface area contributed by atoms with Crippen molar-refractivity contribution in [3.05, 3.63) is 234 Å². The molecule has 2 atom stereocenters. The topological polar surface area (TPSA) is 21.3 Å². The maximum atomic E-state index is 6.42. The Morgan fingerprint density at radius 2 is 1.23 bits per heavy atom. The molecule has 2 aliphatic carbocycles. The summed E-state index contributed by atoms with van der Waals surface area (Å²) in [5.74, 6) is 0.363. The van der Waals surface area contributed by atoms with Gasteiger partial charge in [-0.3, -0.25) is 0 Å². The largest absolute Gasteiger partial charge is 0.456 e. The number of furan rings is 1. The Kier molecular flexibility index (Phi) is 8.45. The summed E-state index contributed by atoms with van der Waals surface area (Å²) in [6.45, 7) is 0. The van der Waals surface area contributed by atoms with Gasteiger partial charge < -0.3 is 13.9 Å². The summed E-state index contributed by atoms with van der Waals surface area (Å²) in [5.41, 5.74) is 13.8. The Morgan fingerprint density at radius 3 is 2.07 bits per heavy atom. The number of nitrogens with zero attached hydrogens (tertiary/aromatic N) is 2. The lowest BCUT2D eigenvalue weighted by Crippen LogP contribution is -2.28. The molecule has 0 amide bonds. The smallest absolute Gasteiger partial charge is 0.135 e. The zero-order valence-electron chi connectivity index (χ0n) is 33.7. The van der Waals surface area contributed by atoms with E-state index in [1.807, 2.05) is 0 Å². The molecule has 61 heavy (non-hydrogen) atoms. The minimum Gasteiger partial charge on any atom is -0.456 e. The number of fused-ring (bicyclic) bond motifs is 7. The van der Waals surface area contributed by atoms with Crippen molar-refractivity contribution in [3.8, 4) is 16.8 Å². The summed E-state index contributed by atoms with van der Waals surface area (Å²) < 4.78 is 8.89. The fourth-order valence-electron chi connectivity index (χ4n) is 10.1. The Labute approximate surface area is 354 Å². The number of para-hydroxylation sites is 5. The van der Waals surface area contributed by atoms with Gasteiger partial charge in [-0.1, -0.05) is 170 Å². The van der Waals surface area contributed by atoms with Gasteiger partial charge in [0.15, 0.2) is 0 Å². The molecule has 0 radical (unpaired) electrons. The van der Waals surface area contributed by atoms with Crippen LogP contribution in [0.3, 0.4) is 0 Å². The fourth-order valence-corrected chi connectivity index (χ4v) is 10.1. The van der Waals surface area contributed by atoms with Crippen molar-refractivity contribution >= 4 is 67.3 Å². The second kappa shape index (κ2) is 14.6. The van der Waals surface area contributed by atoms with Crippen LogP contribution in [0, 0.1) is 0 Å². The van der Waals surface area contributed by atoms with E-state index in [-0.39, 0.29) is 11.8 Å². The molecule has 0 N–H and O–H groups in total. The highest BCUT2D eigenvalue weighted by molar-refractivity contribution is 6.10. The predicted molar refractivity (Wildman–Crippen MR) is 255 cm³/mol. The third-order valence-electron chi connectivity index (χ3n) is 12.9. The molecule has 0 saturated carbocycles. The van der Waals surface area contributed by atoms with Gasteiger partial charge in [-0.15, -0.1) is 0 Å². The van der Waals surface area contributed by atoms with Crippen molar-refractivity contribution < 1.29 is 4.42 Å². The first-order chi connectivity index (χ1) is 30.3. The maximum absolute atomic E-state index is 6.42. The fraction of sp³-hybridized carbons (Fsp3) is 0.0690. The van der Waals surface area contributed by atoms with Gasteiger partial charge >= 0.3 is 0 Å².